The van der Waals surface area contributed by atoms with Gasteiger partial charge >= 0.3 is 0 Å². The molecule has 0 bridgehead atoms. The fraction of sp³-hybridized carbons (Fsp3) is 0.171. The quantitative estimate of drug-likeness (QED) is 0.179. The Hall–Kier alpha value is -6.02. The third kappa shape index (κ3) is 6.42. The van der Waals surface area contributed by atoms with Crippen LogP contribution in [0, 0.1) is 24.1 Å². The van der Waals surface area contributed by atoms with Crippen LogP contribution in [0.1, 0.15) is 27.9 Å². The maximum absolute atomic E-state index is 15.5. The lowest BCUT2D eigenvalue weighted by atomic mass is 10.1. The average molecular weight is 615 g/mol. The van der Waals surface area contributed by atoms with Gasteiger partial charge in [-0.15, -0.1) is 5.10 Å². The van der Waals surface area contributed by atoms with E-state index in [0.717, 1.165) is 33.9 Å². The molecule has 0 radical (unpaired) electrons. The molecule has 3 aromatic carbocycles. The van der Waals surface area contributed by atoms with E-state index in [1.807, 2.05) is 78.6 Å². The lowest BCUT2D eigenvalue weighted by Gasteiger charge is -2.25. The number of fused-ring (bicyclic) bond motifs is 1. The van der Waals surface area contributed by atoms with Crippen LogP contribution >= 0.6 is 0 Å². The first-order valence-electron chi connectivity index (χ1n) is 14.6. The van der Waals surface area contributed by atoms with Crippen molar-refractivity contribution in [1.82, 2.24) is 24.6 Å². The monoisotopic (exact) mass is 614 g/mol. The fourth-order valence-electron chi connectivity index (χ4n) is 5.07. The van der Waals surface area contributed by atoms with E-state index in [-0.39, 0.29) is 11.1 Å². The summed E-state index contributed by atoms with van der Waals surface area (Å²) >= 11 is 0. The van der Waals surface area contributed by atoms with Gasteiger partial charge in [0.25, 0.3) is 0 Å². The van der Waals surface area contributed by atoms with Gasteiger partial charge in [0.1, 0.15) is 23.4 Å². The zero-order valence-corrected chi connectivity index (χ0v) is 25.6. The second-order valence-corrected chi connectivity index (χ2v) is 10.6. The highest BCUT2D eigenvalue weighted by Gasteiger charge is 2.21. The molecule has 0 fully saturated rings. The number of benzene rings is 3. The lowest BCUT2D eigenvalue weighted by Crippen LogP contribution is -2.26. The van der Waals surface area contributed by atoms with Gasteiger partial charge < -0.3 is 19.7 Å². The molecule has 230 valence electrons. The standard InChI is InChI=1S/C35H31FN8O2/c1-23-6-5-17-38-31(23)20-39-34-41-32-18-30(29-8-4-7-26(19-37)33(29)36)40-35(44(32)42-34)43(21-24-9-13-27(45-2)14-10-24)22-25-11-15-28(46-3)16-12-25/h4-18H,20-22H2,1-3H3,(H,39,42). The van der Waals surface area contributed by atoms with Crippen molar-refractivity contribution in [3.8, 4) is 28.8 Å². The number of methoxy groups -OCH3 is 2. The van der Waals surface area contributed by atoms with Crippen LogP contribution in [0.3, 0.4) is 0 Å². The Morgan fingerprint density at radius 3 is 2.17 bits per heavy atom. The Balaban J connectivity index is 1.48. The third-order valence-corrected chi connectivity index (χ3v) is 7.58. The molecule has 3 aromatic heterocycles. The van der Waals surface area contributed by atoms with Gasteiger partial charge in [0.15, 0.2) is 5.65 Å². The van der Waals surface area contributed by atoms with E-state index in [1.165, 1.54) is 6.07 Å². The molecule has 0 amide bonds. The summed E-state index contributed by atoms with van der Waals surface area (Å²) in [4.78, 5) is 16.2. The van der Waals surface area contributed by atoms with Gasteiger partial charge in [0.2, 0.25) is 11.9 Å². The van der Waals surface area contributed by atoms with Crippen molar-refractivity contribution in [2.75, 3.05) is 24.4 Å². The van der Waals surface area contributed by atoms with E-state index in [1.54, 1.807) is 43.1 Å². The first-order chi connectivity index (χ1) is 22.4. The van der Waals surface area contributed by atoms with Crippen molar-refractivity contribution >= 4 is 17.5 Å². The number of ether oxygens (including phenoxy) is 2. The summed E-state index contributed by atoms with van der Waals surface area (Å²) in [6, 6.07) is 27.7. The van der Waals surface area contributed by atoms with Crippen molar-refractivity contribution in [2.45, 2.75) is 26.6 Å². The van der Waals surface area contributed by atoms with Crippen LogP contribution in [0.4, 0.5) is 16.3 Å². The normalized spacial score (nSPS) is 10.8. The van der Waals surface area contributed by atoms with Crippen LogP contribution in [0.5, 0.6) is 11.5 Å². The van der Waals surface area contributed by atoms with Crippen LogP contribution in [0.2, 0.25) is 0 Å². The first kappa shape index (κ1) is 30.0. The predicted molar refractivity (Wildman–Crippen MR) is 173 cm³/mol. The molecular formula is C35H31FN8O2. The molecule has 0 aliphatic rings. The zero-order valence-electron chi connectivity index (χ0n) is 25.6. The van der Waals surface area contributed by atoms with Crippen molar-refractivity contribution in [2.24, 2.45) is 0 Å². The largest absolute Gasteiger partial charge is 0.497 e. The first-order valence-corrected chi connectivity index (χ1v) is 14.6. The van der Waals surface area contributed by atoms with Crippen LogP contribution in [0.15, 0.2) is 91.1 Å². The van der Waals surface area contributed by atoms with Gasteiger partial charge in [-0.2, -0.15) is 14.8 Å². The average Bonchev–Trinajstić information content (AvgIpc) is 3.51. The minimum Gasteiger partial charge on any atom is -0.497 e. The Morgan fingerprint density at radius 1 is 0.891 bits per heavy atom. The Kier molecular flexibility index (Phi) is 8.69. The molecule has 46 heavy (non-hydrogen) atoms. The number of hydrogen-bond acceptors (Lipinski definition) is 9. The molecule has 0 atom stereocenters. The number of aryl methyl sites for hydroxylation is 1. The van der Waals surface area contributed by atoms with Crippen LogP contribution in [-0.4, -0.2) is 38.8 Å². The summed E-state index contributed by atoms with van der Waals surface area (Å²) in [7, 11) is 3.26. The van der Waals surface area contributed by atoms with Gasteiger partial charge in [-0.1, -0.05) is 36.4 Å². The summed E-state index contributed by atoms with van der Waals surface area (Å²) in [5.41, 5.74) is 4.81. The van der Waals surface area contributed by atoms with Crippen molar-refractivity contribution in [3.63, 3.8) is 0 Å². The van der Waals surface area contributed by atoms with E-state index >= 15 is 4.39 Å². The maximum Gasteiger partial charge on any atom is 0.243 e. The number of nitrogens with one attached hydrogen (secondary N) is 1. The van der Waals surface area contributed by atoms with Gasteiger partial charge in [0.05, 0.1) is 37.7 Å². The van der Waals surface area contributed by atoms with E-state index in [9.17, 15) is 5.26 Å². The number of anilines is 2. The summed E-state index contributed by atoms with van der Waals surface area (Å²) in [5.74, 6) is 1.65. The zero-order chi connectivity index (χ0) is 32.0. The minimum atomic E-state index is -0.645. The Morgan fingerprint density at radius 2 is 1.57 bits per heavy atom. The predicted octanol–water partition coefficient (Wildman–Crippen LogP) is 6.34. The molecule has 0 spiro atoms. The second kappa shape index (κ2) is 13.3. The molecular weight excluding hydrogens is 583 g/mol. The summed E-state index contributed by atoms with van der Waals surface area (Å²) in [6.07, 6.45) is 1.75. The molecule has 6 rings (SSSR count). The second-order valence-electron chi connectivity index (χ2n) is 10.6. The third-order valence-electron chi connectivity index (χ3n) is 7.58. The molecule has 0 unspecified atom stereocenters. The minimum absolute atomic E-state index is 0.0661. The number of nitriles is 1. The van der Waals surface area contributed by atoms with Crippen LogP contribution in [-0.2, 0) is 19.6 Å². The number of hydrogen-bond donors (Lipinski definition) is 1. The maximum atomic E-state index is 15.5. The molecule has 0 aliphatic heterocycles. The van der Waals surface area contributed by atoms with E-state index in [0.29, 0.717) is 42.9 Å². The number of pyridine rings is 1. The number of halogens is 1. The van der Waals surface area contributed by atoms with Gasteiger partial charge in [-0.3, -0.25) is 4.98 Å². The number of rotatable bonds is 11. The molecule has 1 N–H and O–H groups in total. The highest BCUT2D eigenvalue weighted by molar-refractivity contribution is 5.69. The van der Waals surface area contributed by atoms with Gasteiger partial charge in [0, 0.05) is 30.9 Å². The molecule has 0 saturated carbocycles. The molecule has 3 heterocycles. The molecule has 0 aliphatic carbocycles. The highest BCUT2D eigenvalue weighted by Crippen LogP contribution is 2.29. The van der Waals surface area contributed by atoms with Crippen LogP contribution in [0.25, 0.3) is 16.9 Å². The Bertz CT molecular complexity index is 1970. The van der Waals surface area contributed by atoms with Gasteiger partial charge in [-0.25, -0.2) is 9.37 Å². The van der Waals surface area contributed by atoms with Crippen LogP contribution < -0.4 is 19.7 Å². The SMILES string of the molecule is COc1ccc(CN(Cc2ccc(OC)cc2)c2nc(-c3cccc(C#N)c3F)cc3nc(NCc4ncccc4C)nn23)cc1. The molecule has 10 nitrogen and oxygen atoms in total. The molecule has 0 saturated heterocycles. The smallest absolute Gasteiger partial charge is 0.243 e. The van der Waals surface area contributed by atoms with Gasteiger partial charge in [-0.05, 0) is 66.1 Å². The summed E-state index contributed by atoms with van der Waals surface area (Å²) in [5, 5.41) is 17.6. The fourth-order valence-corrected chi connectivity index (χ4v) is 5.07. The van der Waals surface area contributed by atoms with Crippen molar-refractivity contribution in [1.29, 1.82) is 5.26 Å². The molecule has 11 heteroatoms. The lowest BCUT2D eigenvalue weighted by molar-refractivity contribution is 0.414. The summed E-state index contributed by atoms with van der Waals surface area (Å²) < 4.78 is 27.9. The Labute approximate surface area is 265 Å². The summed E-state index contributed by atoms with van der Waals surface area (Å²) in [6.45, 7) is 3.30. The van der Waals surface area contributed by atoms with E-state index in [4.69, 9.17) is 24.5 Å². The topological polar surface area (TPSA) is 113 Å². The number of aromatic nitrogens is 5. The van der Waals surface area contributed by atoms with E-state index in [2.05, 4.69) is 10.3 Å². The van der Waals surface area contributed by atoms with Crippen molar-refractivity contribution in [3.05, 3.63) is 125 Å². The highest BCUT2D eigenvalue weighted by atomic mass is 19.1. The van der Waals surface area contributed by atoms with E-state index < -0.39 is 5.82 Å². The molecule has 6 aromatic rings. The number of nitrogens with zero attached hydrogens (tertiary/aromatic N) is 7. The van der Waals surface area contributed by atoms with Crippen molar-refractivity contribution < 1.29 is 13.9 Å².